The lowest BCUT2D eigenvalue weighted by atomic mass is 10.1. The number of nitro groups is 1. The van der Waals surface area contributed by atoms with E-state index in [1.54, 1.807) is 42.2 Å². The van der Waals surface area contributed by atoms with Gasteiger partial charge in [0.05, 0.1) is 36.6 Å². The lowest BCUT2D eigenvalue weighted by molar-refractivity contribution is -0.385. The highest BCUT2D eigenvalue weighted by Gasteiger charge is 2.25. The van der Waals surface area contributed by atoms with Crippen molar-refractivity contribution >= 4 is 17.3 Å². The van der Waals surface area contributed by atoms with Crippen molar-refractivity contribution in [3.05, 3.63) is 64.6 Å². The summed E-state index contributed by atoms with van der Waals surface area (Å²) < 4.78 is 12.1. The quantitative estimate of drug-likeness (QED) is 0.492. The molecule has 28 heavy (non-hydrogen) atoms. The monoisotopic (exact) mass is 383 g/mol. The Hall–Kier alpha value is -3.95. The molecule has 10 heteroatoms. The maximum atomic E-state index is 12.6. The van der Waals surface area contributed by atoms with Crippen LogP contribution in [0.4, 0.5) is 11.4 Å². The first-order valence-corrected chi connectivity index (χ1v) is 8.30. The third-order valence-corrected chi connectivity index (χ3v) is 3.77. The number of ether oxygens (including phenoxy) is 2. The molecule has 0 aliphatic heterocycles. The predicted octanol–water partition coefficient (Wildman–Crippen LogP) is 2.84. The molecule has 0 aliphatic carbocycles. The van der Waals surface area contributed by atoms with Gasteiger partial charge in [-0.2, -0.15) is 5.10 Å². The van der Waals surface area contributed by atoms with Gasteiger partial charge in [0.15, 0.2) is 17.3 Å². The molecular weight excluding hydrogens is 366 g/mol. The van der Waals surface area contributed by atoms with Crippen LogP contribution in [-0.4, -0.2) is 39.3 Å². The summed E-state index contributed by atoms with van der Waals surface area (Å²) in [4.78, 5) is 27.6. The van der Waals surface area contributed by atoms with Crippen LogP contribution in [0.25, 0.3) is 5.82 Å². The second-order valence-electron chi connectivity index (χ2n) is 5.52. The molecule has 10 nitrogen and oxygen atoms in total. The second kappa shape index (κ2) is 8.16. The van der Waals surface area contributed by atoms with Crippen LogP contribution < -0.4 is 14.8 Å². The van der Waals surface area contributed by atoms with E-state index >= 15 is 0 Å². The van der Waals surface area contributed by atoms with E-state index in [0.29, 0.717) is 18.1 Å². The Labute approximate surface area is 159 Å². The number of carbonyl (C=O) groups is 1. The minimum Gasteiger partial charge on any atom is -0.493 e. The number of aromatic nitrogens is 3. The lowest BCUT2D eigenvalue weighted by Crippen LogP contribution is -2.15. The fourth-order valence-electron chi connectivity index (χ4n) is 2.51. The van der Waals surface area contributed by atoms with E-state index in [4.69, 9.17) is 9.47 Å². The van der Waals surface area contributed by atoms with Crippen molar-refractivity contribution in [2.75, 3.05) is 19.0 Å². The molecular formula is C18H17N5O5. The fourth-order valence-corrected chi connectivity index (χ4v) is 2.51. The Morgan fingerprint density at radius 1 is 1.32 bits per heavy atom. The minimum atomic E-state index is -0.665. The molecule has 0 fully saturated rings. The van der Waals surface area contributed by atoms with E-state index in [1.165, 1.54) is 25.4 Å². The number of nitro benzene ring substituents is 1. The number of benzene rings is 1. The fraction of sp³-hybridized carbons (Fsp3) is 0.167. The van der Waals surface area contributed by atoms with Gasteiger partial charge in [-0.1, -0.05) is 0 Å². The maximum Gasteiger partial charge on any atom is 0.286 e. The average Bonchev–Trinajstić information content (AvgIpc) is 3.23. The molecule has 144 valence electrons. The number of anilines is 1. The first kappa shape index (κ1) is 18.8. The molecule has 1 aromatic carbocycles. The Morgan fingerprint density at radius 2 is 2.14 bits per heavy atom. The Bertz CT molecular complexity index is 986. The van der Waals surface area contributed by atoms with Crippen LogP contribution in [0.15, 0.2) is 48.9 Å². The van der Waals surface area contributed by atoms with Crippen LogP contribution in [0.2, 0.25) is 0 Å². The average molecular weight is 383 g/mol. The topological polar surface area (TPSA) is 121 Å². The van der Waals surface area contributed by atoms with Crippen LogP contribution >= 0.6 is 0 Å². The Balaban J connectivity index is 1.88. The van der Waals surface area contributed by atoms with Gasteiger partial charge in [-0.15, -0.1) is 0 Å². The third-order valence-electron chi connectivity index (χ3n) is 3.77. The summed E-state index contributed by atoms with van der Waals surface area (Å²) in [6.45, 7) is 2.04. The van der Waals surface area contributed by atoms with Crippen LogP contribution in [-0.2, 0) is 0 Å². The van der Waals surface area contributed by atoms with Crippen molar-refractivity contribution < 1.29 is 19.2 Å². The minimum absolute atomic E-state index is 0.151. The van der Waals surface area contributed by atoms with Crippen LogP contribution in [0.3, 0.4) is 0 Å². The van der Waals surface area contributed by atoms with Gasteiger partial charge in [-0.3, -0.25) is 14.9 Å². The van der Waals surface area contributed by atoms with Crippen molar-refractivity contribution in [3.8, 4) is 17.3 Å². The highest BCUT2D eigenvalue weighted by atomic mass is 16.6. The number of hydrogen-bond donors (Lipinski definition) is 1. The zero-order valence-electron chi connectivity index (χ0n) is 15.2. The first-order valence-electron chi connectivity index (χ1n) is 8.30. The van der Waals surface area contributed by atoms with Crippen molar-refractivity contribution in [1.29, 1.82) is 0 Å². The van der Waals surface area contributed by atoms with Gasteiger partial charge in [0.2, 0.25) is 0 Å². The first-order chi connectivity index (χ1) is 13.5. The smallest absolute Gasteiger partial charge is 0.286 e. The molecule has 1 amide bonds. The third kappa shape index (κ3) is 3.90. The van der Waals surface area contributed by atoms with Crippen LogP contribution in [0.1, 0.15) is 17.3 Å². The predicted molar refractivity (Wildman–Crippen MR) is 100 cm³/mol. The second-order valence-corrected chi connectivity index (χ2v) is 5.52. The number of methoxy groups -OCH3 is 1. The van der Waals surface area contributed by atoms with E-state index in [9.17, 15) is 14.9 Å². The van der Waals surface area contributed by atoms with E-state index in [-0.39, 0.29) is 22.7 Å². The van der Waals surface area contributed by atoms with Gasteiger partial charge in [0, 0.05) is 18.5 Å². The lowest BCUT2D eigenvalue weighted by Gasteiger charge is -2.12. The van der Waals surface area contributed by atoms with Gasteiger partial charge >= 0.3 is 0 Å². The Kier molecular flexibility index (Phi) is 5.49. The molecule has 3 rings (SSSR count). The molecule has 0 saturated heterocycles. The zero-order valence-corrected chi connectivity index (χ0v) is 15.2. The van der Waals surface area contributed by atoms with E-state index < -0.39 is 10.8 Å². The molecule has 2 aromatic heterocycles. The molecule has 0 saturated carbocycles. The molecule has 0 radical (unpaired) electrons. The van der Waals surface area contributed by atoms with Crippen molar-refractivity contribution in [1.82, 2.24) is 14.8 Å². The highest BCUT2D eigenvalue weighted by Crippen LogP contribution is 2.35. The number of amides is 1. The van der Waals surface area contributed by atoms with Crippen LogP contribution in [0, 0.1) is 10.1 Å². The van der Waals surface area contributed by atoms with Gasteiger partial charge in [-0.25, -0.2) is 9.67 Å². The van der Waals surface area contributed by atoms with Gasteiger partial charge in [0.25, 0.3) is 11.6 Å². The Morgan fingerprint density at radius 3 is 2.71 bits per heavy atom. The molecule has 0 aliphatic rings. The summed E-state index contributed by atoms with van der Waals surface area (Å²) in [6.07, 6.45) is 4.79. The summed E-state index contributed by atoms with van der Waals surface area (Å²) >= 11 is 0. The summed E-state index contributed by atoms with van der Waals surface area (Å²) in [5, 5.41) is 18.1. The SMILES string of the molecule is CCOc1cc([N+](=O)[O-])c(C(=O)Nc2ccc(-n3cccn3)nc2)cc1OC. The number of hydrogen-bond acceptors (Lipinski definition) is 7. The van der Waals surface area contributed by atoms with Crippen molar-refractivity contribution in [2.24, 2.45) is 0 Å². The number of pyridine rings is 1. The van der Waals surface area contributed by atoms with Crippen LogP contribution in [0.5, 0.6) is 11.5 Å². The van der Waals surface area contributed by atoms with Gasteiger partial charge in [0.1, 0.15) is 5.56 Å². The summed E-state index contributed by atoms with van der Waals surface area (Å²) in [7, 11) is 1.39. The molecule has 0 atom stereocenters. The van der Waals surface area contributed by atoms with E-state index in [0.717, 1.165) is 0 Å². The van der Waals surface area contributed by atoms with Gasteiger partial charge < -0.3 is 14.8 Å². The molecule has 3 aromatic rings. The van der Waals surface area contributed by atoms with E-state index in [1.807, 2.05) is 0 Å². The molecule has 0 bridgehead atoms. The summed E-state index contributed by atoms with van der Waals surface area (Å²) in [5.41, 5.74) is -0.160. The number of rotatable bonds is 7. The molecule has 0 unspecified atom stereocenters. The van der Waals surface area contributed by atoms with Crippen molar-refractivity contribution in [2.45, 2.75) is 6.92 Å². The summed E-state index contributed by atoms with van der Waals surface area (Å²) in [5.74, 6) is 0.321. The molecule has 2 heterocycles. The number of nitrogens with one attached hydrogen (secondary N) is 1. The number of nitrogens with zero attached hydrogens (tertiary/aromatic N) is 4. The zero-order chi connectivity index (χ0) is 20.1. The maximum absolute atomic E-state index is 12.6. The van der Waals surface area contributed by atoms with Gasteiger partial charge in [-0.05, 0) is 25.1 Å². The standard InChI is InChI=1S/C18H17N5O5/c1-3-28-16-10-14(23(25)26)13(9-15(16)27-2)18(24)21-12-5-6-17(19-11-12)22-8-4-7-20-22/h4-11H,3H2,1-2H3,(H,21,24). The number of carbonyl (C=O) groups excluding carboxylic acids is 1. The molecule has 1 N–H and O–H groups in total. The van der Waals surface area contributed by atoms with Crippen molar-refractivity contribution in [3.63, 3.8) is 0 Å². The largest absolute Gasteiger partial charge is 0.493 e. The van der Waals surface area contributed by atoms with E-state index in [2.05, 4.69) is 15.4 Å². The molecule has 0 spiro atoms. The normalized spacial score (nSPS) is 10.4. The summed E-state index contributed by atoms with van der Waals surface area (Å²) in [6, 6.07) is 7.51. The highest BCUT2D eigenvalue weighted by molar-refractivity contribution is 6.07.